The van der Waals surface area contributed by atoms with Gasteiger partial charge in [-0.25, -0.2) is 4.98 Å². The van der Waals surface area contributed by atoms with Gasteiger partial charge in [0.1, 0.15) is 5.78 Å². The number of ketones is 1. The van der Waals surface area contributed by atoms with E-state index in [1.165, 1.54) is 18.4 Å². The number of benzene rings is 1. The largest absolute Gasteiger partial charge is 0.327 e. The van der Waals surface area contributed by atoms with Gasteiger partial charge in [0.15, 0.2) is 0 Å². The first kappa shape index (κ1) is 9.58. The van der Waals surface area contributed by atoms with Crippen LogP contribution >= 0.6 is 0 Å². The molecule has 1 aromatic carbocycles. The molecular formula is C13H14N2O. The summed E-state index contributed by atoms with van der Waals surface area (Å²) in [6.45, 7) is 1.63. The molecule has 0 unspecified atom stereocenters. The van der Waals surface area contributed by atoms with Gasteiger partial charge >= 0.3 is 0 Å². The Hall–Kier alpha value is -1.64. The third-order valence-electron chi connectivity index (χ3n) is 3.03. The van der Waals surface area contributed by atoms with E-state index in [9.17, 15) is 4.79 Å². The van der Waals surface area contributed by atoms with E-state index in [0.717, 1.165) is 11.1 Å². The van der Waals surface area contributed by atoms with Crippen molar-refractivity contribution in [3.8, 4) is 0 Å². The van der Waals surface area contributed by atoms with Crippen LogP contribution in [-0.4, -0.2) is 15.3 Å². The summed E-state index contributed by atoms with van der Waals surface area (Å²) in [7, 11) is 0. The van der Waals surface area contributed by atoms with Crippen LogP contribution in [0.1, 0.15) is 31.4 Å². The number of rotatable bonds is 3. The van der Waals surface area contributed by atoms with Crippen molar-refractivity contribution >= 4 is 16.8 Å². The fourth-order valence-electron chi connectivity index (χ4n) is 2.11. The molecule has 0 bridgehead atoms. The van der Waals surface area contributed by atoms with Crippen LogP contribution in [0.3, 0.4) is 0 Å². The SMILES string of the molecule is CC(=O)Cc1ccc2ncn(C3CC3)c2c1. The highest BCUT2D eigenvalue weighted by Gasteiger charge is 2.24. The second-order valence-electron chi connectivity index (χ2n) is 4.58. The van der Waals surface area contributed by atoms with Gasteiger partial charge in [-0.05, 0) is 37.5 Å². The summed E-state index contributed by atoms with van der Waals surface area (Å²) in [5, 5.41) is 0. The lowest BCUT2D eigenvalue weighted by Crippen LogP contribution is -1.97. The van der Waals surface area contributed by atoms with E-state index in [1.54, 1.807) is 6.92 Å². The Kier molecular flexibility index (Phi) is 2.06. The van der Waals surface area contributed by atoms with Crippen molar-refractivity contribution in [1.29, 1.82) is 0 Å². The van der Waals surface area contributed by atoms with E-state index in [4.69, 9.17) is 0 Å². The van der Waals surface area contributed by atoms with Gasteiger partial charge in [0.05, 0.1) is 17.4 Å². The van der Waals surface area contributed by atoms with Crippen LogP contribution in [0.2, 0.25) is 0 Å². The van der Waals surface area contributed by atoms with E-state index in [2.05, 4.69) is 15.6 Å². The summed E-state index contributed by atoms with van der Waals surface area (Å²) in [6.07, 6.45) is 4.94. The smallest absolute Gasteiger partial charge is 0.134 e. The highest BCUT2D eigenvalue weighted by atomic mass is 16.1. The number of imidazole rings is 1. The molecule has 0 N–H and O–H groups in total. The number of carbonyl (C=O) groups excluding carboxylic acids is 1. The van der Waals surface area contributed by atoms with Gasteiger partial charge in [-0.3, -0.25) is 4.79 Å². The quantitative estimate of drug-likeness (QED) is 0.786. The number of carbonyl (C=O) groups is 1. The molecule has 0 aliphatic heterocycles. The second kappa shape index (κ2) is 3.44. The normalized spacial score (nSPS) is 15.6. The average Bonchev–Trinajstić information content (AvgIpc) is 2.98. The predicted octanol–water partition coefficient (Wildman–Crippen LogP) is 2.50. The van der Waals surface area contributed by atoms with Gasteiger partial charge in [0.25, 0.3) is 0 Å². The molecule has 1 aromatic heterocycles. The minimum Gasteiger partial charge on any atom is -0.327 e. The Labute approximate surface area is 94.1 Å². The Morgan fingerprint density at radius 3 is 3.00 bits per heavy atom. The monoisotopic (exact) mass is 214 g/mol. The number of aromatic nitrogens is 2. The molecule has 3 heteroatoms. The minimum absolute atomic E-state index is 0.205. The van der Waals surface area contributed by atoms with Gasteiger partial charge in [-0.1, -0.05) is 6.07 Å². The number of nitrogens with zero attached hydrogens (tertiary/aromatic N) is 2. The number of fused-ring (bicyclic) bond motifs is 1. The number of hydrogen-bond acceptors (Lipinski definition) is 2. The topological polar surface area (TPSA) is 34.9 Å². The van der Waals surface area contributed by atoms with Crippen molar-refractivity contribution in [2.75, 3.05) is 0 Å². The molecule has 0 saturated heterocycles. The minimum atomic E-state index is 0.205. The van der Waals surface area contributed by atoms with E-state index < -0.39 is 0 Å². The maximum absolute atomic E-state index is 11.1. The fraction of sp³-hybridized carbons (Fsp3) is 0.385. The van der Waals surface area contributed by atoms with Gasteiger partial charge < -0.3 is 4.57 Å². The van der Waals surface area contributed by atoms with Crippen molar-refractivity contribution in [3.63, 3.8) is 0 Å². The van der Waals surface area contributed by atoms with Crippen LogP contribution in [0.4, 0.5) is 0 Å². The first-order valence-electron chi connectivity index (χ1n) is 5.69. The molecule has 1 saturated carbocycles. The molecule has 0 amide bonds. The molecule has 1 heterocycles. The molecule has 0 atom stereocenters. The van der Waals surface area contributed by atoms with Gasteiger partial charge in [-0.2, -0.15) is 0 Å². The lowest BCUT2D eigenvalue weighted by Gasteiger charge is -2.02. The van der Waals surface area contributed by atoms with Gasteiger partial charge in [-0.15, -0.1) is 0 Å². The van der Waals surface area contributed by atoms with Crippen LogP contribution < -0.4 is 0 Å². The molecule has 1 aliphatic carbocycles. The van der Waals surface area contributed by atoms with E-state index >= 15 is 0 Å². The lowest BCUT2D eigenvalue weighted by atomic mass is 10.1. The predicted molar refractivity (Wildman–Crippen MR) is 62.4 cm³/mol. The Morgan fingerprint density at radius 2 is 2.31 bits per heavy atom. The van der Waals surface area contributed by atoms with Crippen LogP contribution in [0, 0.1) is 0 Å². The molecule has 1 fully saturated rings. The van der Waals surface area contributed by atoms with E-state index in [1.807, 2.05) is 18.5 Å². The van der Waals surface area contributed by atoms with Crippen molar-refractivity contribution in [1.82, 2.24) is 9.55 Å². The highest BCUT2D eigenvalue weighted by Crippen LogP contribution is 2.37. The third-order valence-corrected chi connectivity index (χ3v) is 3.03. The zero-order valence-corrected chi connectivity index (χ0v) is 9.31. The van der Waals surface area contributed by atoms with Crippen molar-refractivity contribution in [2.45, 2.75) is 32.2 Å². The van der Waals surface area contributed by atoms with Crippen molar-refractivity contribution < 1.29 is 4.79 Å². The second-order valence-corrected chi connectivity index (χ2v) is 4.58. The van der Waals surface area contributed by atoms with Crippen LogP contribution in [0.25, 0.3) is 11.0 Å². The first-order chi connectivity index (χ1) is 7.74. The van der Waals surface area contributed by atoms with Crippen molar-refractivity contribution in [3.05, 3.63) is 30.1 Å². The third kappa shape index (κ3) is 1.62. The molecule has 2 aromatic rings. The van der Waals surface area contributed by atoms with Gasteiger partial charge in [0, 0.05) is 12.5 Å². The number of Topliss-reactive ketones (excluding diaryl/α,β-unsaturated/α-hetero) is 1. The molecule has 1 aliphatic rings. The zero-order chi connectivity index (χ0) is 11.1. The van der Waals surface area contributed by atoms with E-state index in [0.29, 0.717) is 12.5 Å². The maximum atomic E-state index is 11.1. The van der Waals surface area contributed by atoms with Crippen LogP contribution in [0.5, 0.6) is 0 Å². The fourth-order valence-corrected chi connectivity index (χ4v) is 2.11. The molecular weight excluding hydrogens is 200 g/mol. The zero-order valence-electron chi connectivity index (χ0n) is 9.31. The highest BCUT2D eigenvalue weighted by molar-refractivity contribution is 5.81. The molecule has 3 rings (SSSR count). The standard InChI is InChI=1S/C13H14N2O/c1-9(16)6-10-2-5-12-13(7-10)15(8-14-12)11-3-4-11/h2,5,7-8,11H,3-4,6H2,1H3. The summed E-state index contributed by atoms with van der Waals surface area (Å²) in [4.78, 5) is 15.5. The molecule has 82 valence electrons. The number of hydrogen-bond donors (Lipinski definition) is 0. The summed E-state index contributed by atoms with van der Waals surface area (Å²) in [5.74, 6) is 0.205. The average molecular weight is 214 g/mol. The maximum Gasteiger partial charge on any atom is 0.134 e. The first-order valence-corrected chi connectivity index (χ1v) is 5.69. The molecule has 0 radical (unpaired) electrons. The lowest BCUT2D eigenvalue weighted by molar-refractivity contribution is -0.116. The molecule has 16 heavy (non-hydrogen) atoms. The Morgan fingerprint density at radius 1 is 1.50 bits per heavy atom. The van der Waals surface area contributed by atoms with Crippen LogP contribution in [-0.2, 0) is 11.2 Å². The molecule has 3 nitrogen and oxygen atoms in total. The van der Waals surface area contributed by atoms with E-state index in [-0.39, 0.29) is 5.78 Å². The Balaban J connectivity index is 2.06. The summed E-state index contributed by atoms with van der Waals surface area (Å²) >= 11 is 0. The van der Waals surface area contributed by atoms with Crippen LogP contribution in [0.15, 0.2) is 24.5 Å². The van der Waals surface area contributed by atoms with Crippen molar-refractivity contribution in [2.24, 2.45) is 0 Å². The summed E-state index contributed by atoms with van der Waals surface area (Å²) in [5.41, 5.74) is 3.28. The molecule has 0 spiro atoms. The summed E-state index contributed by atoms with van der Waals surface area (Å²) < 4.78 is 2.24. The van der Waals surface area contributed by atoms with Gasteiger partial charge in [0.2, 0.25) is 0 Å². The Bertz CT molecular complexity index is 552. The summed E-state index contributed by atoms with van der Waals surface area (Å²) in [6, 6.07) is 6.74.